The lowest BCUT2D eigenvalue weighted by Crippen LogP contribution is -2.34. The van der Waals surface area contributed by atoms with E-state index in [9.17, 15) is 17.6 Å². The lowest BCUT2D eigenvalue weighted by molar-refractivity contribution is -0.132. The first-order valence-electron chi connectivity index (χ1n) is 9.43. The molecule has 0 radical (unpaired) electrons. The second-order valence-electron chi connectivity index (χ2n) is 6.99. The van der Waals surface area contributed by atoms with E-state index in [0.717, 1.165) is 41.8 Å². The summed E-state index contributed by atoms with van der Waals surface area (Å²) < 4.78 is 39.9. The molecule has 1 saturated heterocycles. The number of nitrogens with zero attached hydrogens (tertiary/aromatic N) is 2. The number of fused-ring (bicyclic) bond motifs is 1. The molecule has 2 aromatic carbocycles. The summed E-state index contributed by atoms with van der Waals surface area (Å²) in [5.41, 5.74) is 1.78. The smallest absolute Gasteiger partial charge is 0.240 e. The third-order valence-corrected chi connectivity index (χ3v) is 6.53. The van der Waals surface area contributed by atoms with Gasteiger partial charge in [-0.25, -0.2) is 22.5 Å². The van der Waals surface area contributed by atoms with E-state index >= 15 is 0 Å². The Balaban J connectivity index is 1.39. The highest BCUT2D eigenvalue weighted by molar-refractivity contribution is 7.89. The summed E-state index contributed by atoms with van der Waals surface area (Å²) >= 11 is 0. The van der Waals surface area contributed by atoms with Crippen LogP contribution in [0.5, 0.6) is 0 Å². The van der Waals surface area contributed by atoms with E-state index in [-0.39, 0.29) is 29.8 Å². The molecule has 2 N–H and O–H groups in total. The molecule has 1 amide bonds. The molecule has 3 aromatic rings. The Bertz CT molecular complexity index is 1100. The van der Waals surface area contributed by atoms with Crippen LogP contribution >= 0.6 is 0 Å². The van der Waals surface area contributed by atoms with Gasteiger partial charge in [-0.3, -0.25) is 4.79 Å². The molecule has 1 aromatic heterocycles. The SMILES string of the molecule is O=C(CCNS(=O)(=O)c1ccc(F)cc1)N1CCCC1c1nc2ccccc2[nH]1. The number of nitrogens with one attached hydrogen (secondary N) is 2. The predicted molar refractivity (Wildman–Crippen MR) is 106 cm³/mol. The molecule has 2 heterocycles. The maximum Gasteiger partial charge on any atom is 0.240 e. The van der Waals surface area contributed by atoms with Crippen molar-refractivity contribution in [2.24, 2.45) is 0 Å². The zero-order valence-electron chi connectivity index (χ0n) is 15.6. The van der Waals surface area contributed by atoms with Crippen molar-refractivity contribution in [2.45, 2.75) is 30.2 Å². The van der Waals surface area contributed by atoms with Gasteiger partial charge >= 0.3 is 0 Å². The first-order valence-corrected chi connectivity index (χ1v) is 10.9. The van der Waals surface area contributed by atoms with Gasteiger partial charge in [-0.15, -0.1) is 0 Å². The van der Waals surface area contributed by atoms with Crippen molar-refractivity contribution in [1.82, 2.24) is 19.6 Å². The molecule has 0 bridgehead atoms. The summed E-state index contributed by atoms with van der Waals surface area (Å²) in [5.74, 6) is 0.114. The first-order chi connectivity index (χ1) is 13.9. The summed E-state index contributed by atoms with van der Waals surface area (Å²) in [4.78, 5) is 22.3. The van der Waals surface area contributed by atoms with E-state index in [4.69, 9.17) is 0 Å². The Labute approximate surface area is 168 Å². The summed E-state index contributed by atoms with van der Waals surface area (Å²) in [6.45, 7) is 0.590. The highest BCUT2D eigenvalue weighted by Gasteiger charge is 2.32. The van der Waals surface area contributed by atoms with Gasteiger partial charge in [-0.1, -0.05) is 12.1 Å². The average molecular weight is 416 g/mol. The van der Waals surface area contributed by atoms with E-state index in [1.807, 2.05) is 24.3 Å². The minimum Gasteiger partial charge on any atom is -0.340 e. The summed E-state index contributed by atoms with van der Waals surface area (Å²) in [6, 6.07) is 12.1. The minimum atomic E-state index is -3.79. The van der Waals surface area contributed by atoms with Gasteiger partial charge in [0, 0.05) is 19.5 Å². The fourth-order valence-corrected chi connectivity index (χ4v) is 4.64. The quantitative estimate of drug-likeness (QED) is 0.646. The van der Waals surface area contributed by atoms with Gasteiger partial charge in [0.15, 0.2) is 0 Å². The van der Waals surface area contributed by atoms with E-state index < -0.39 is 15.8 Å². The Morgan fingerprint density at radius 3 is 2.72 bits per heavy atom. The Morgan fingerprint density at radius 2 is 1.97 bits per heavy atom. The van der Waals surface area contributed by atoms with Crippen LogP contribution in [0.3, 0.4) is 0 Å². The number of para-hydroxylation sites is 2. The number of halogens is 1. The molecule has 1 atom stereocenters. The molecule has 4 rings (SSSR count). The number of hydrogen-bond donors (Lipinski definition) is 2. The summed E-state index contributed by atoms with van der Waals surface area (Å²) in [5, 5.41) is 0. The van der Waals surface area contributed by atoms with Gasteiger partial charge in [0.05, 0.1) is 22.0 Å². The minimum absolute atomic E-state index is 0.0259. The van der Waals surface area contributed by atoms with Gasteiger partial charge in [0.25, 0.3) is 0 Å². The third-order valence-electron chi connectivity index (χ3n) is 5.05. The second kappa shape index (κ2) is 7.92. The molecule has 9 heteroatoms. The number of carbonyl (C=O) groups is 1. The summed E-state index contributed by atoms with van der Waals surface area (Å²) in [7, 11) is -3.79. The average Bonchev–Trinajstić information content (AvgIpc) is 3.34. The largest absolute Gasteiger partial charge is 0.340 e. The number of aromatic nitrogens is 2. The molecule has 1 fully saturated rings. The van der Waals surface area contributed by atoms with Crippen LogP contribution < -0.4 is 4.72 Å². The van der Waals surface area contributed by atoms with Crippen molar-refractivity contribution in [1.29, 1.82) is 0 Å². The number of amides is 1. The summed E-state index contributed by atoms with van der Waals surface area (Å²) in [6.07, 6.45) is 1.72. The van der Waals surface area contributed by atoms with Crippen LogP contribution in [0.2, 0.25) is 0 Å². The van der Waals surface area contributed by atoms with E-state index in [2.05, 4.69) is 14.7 Å². The lowest BCUT2D eigenvalue weighted by atomic mass is 10.2. The van der Waals surface area contributed by atoms with Gasteiger partial charge in [0.1, 0.15) is 11.6 Å². The topological polar surface area (TPSA) is 95.2 Å². The maximum absolute atomic E-state index is 13.0. The Kier molecular flexibility index (Phi) is 5.33. The zero-order valence-corrected chi connectivity index (χ0v) is 16.5. The number of likely N-dealkylation sites (tertiary alicyclic amines) is 1. The van der Waals surface area contributed by atoms with Crippen molar-refractivity contribution in [3.8, 4) is 0 Å². The lowest BCUT2D eigenvalue weighted by Gasteiger charge is -2.23. The number of carbonyl (C=O) groups excluding carboxylic acids is 1. The molecule has 0 saturated carbocycles. The normalized spacial score (nSPS) is 17.1. The molecule has 0 aliphatic carbocycles. The maximum atomic E-state index is 13.0. The standard InChI is InChI=1S/C20H21FN4O3S/c21-14-7-9-15(10-8-14)29(27,28)22-12-11-19(26)25-13-3-6-18(25)20-23-16-4-1-2-5-17(16)24-20/h1-2,4-5,7-10,18,22H,3,6,11-13H2,(H,23,24). The molecular weight excluding hydrogens is 395 g/mol. The molecule has 152 valence electrons. The second-order valence-corrected chi connectivity index (χ2v) is 8.75. The van der Waals surface area contributed by atoms with Gasteiger partial charge in [-0.2, -0.15) is 0 Å². The van der Waals surface area contributed by atoms with Crippen LogP contribution in [0.4, 0.5) is 4.39 Å². The number of sulfonamides is 1. The van der Waals surface area contributed by atoms with Gasteiger partial charge in [-0.05, 0) is 49.2 Å². The van der Waals surface area contributed by atoms with E-state index in [1.54, 1.807) is 4.90 Å². The van der Waals surface area contributed by atoms with E-state index in [0.29, 0.717) is 6.54 Å². The molecular formula is C20H21FN4O3S. The monoisotopic (exact) mass is 416 g/mol. The molecule has 7 nitrogen and oxygen atoms in total. The fourth-order valence-electron chi connectivity index (χ4n) is 3.61. The van der Waals surface area contributed by atoms with Crippen molar-refractivity contribution < 1.29 is 17.6 Å². The molecule has 1 aliphatic rings. The van der Waals surface area contributed by atoms with Gasteiger partial charge in [0.2, 0.25) is 15.9 Å². The number of benzene rings is 2. The van der Waals surface area contributed by atoms with Crippen LogP contribution in [-0.4, -0.2) is 42.3 Å². The molecule has 1 aliphatic heterocycles. The van der Waals surface area contributed by atoms with Gasteiger partial charge < -0.3 is 9.88 Å². The van der Waals surface area contributed by atoms with E-state index in [1.165, 1.54) is 12.1 Å². The number of imidazole rings is 1. The van der Waals surface area contributed by atoms with Crippen LogP contribution in [0.25, 0.3) is 11.0 Å². The third kappa shape index (κ3) is 4.15. The molecule has 0 spiro atoms. The highest BCUT2D eigenvalue weighted by atomic mass is 32.2. The van der Waals surface area contributed by atoms with Crippen molar-refractivity contribution >= 4 is 27.0 Å². The highest BCUT2D eigenvalue weighted by Crippen LogP contribution is 2.31. The fraction of sp³-hybridized carbons (Fsp3) is 0.300. The number of aromatic amines is 1. The zero-order chi connectivity index (χ0) is 20.4. The number of hydrogen-bond acceptors (Lipinski definition) is 4. The Morgan fingerprint density at radius 1 is 1.21 bits per heavy atom. The van der Waals surface area contributed by atoms with Crippen LogP contribution in [-0.2, 0) is 14.8 Å². The number of rotatable bonds is 6. The first kappa shape index (κ1) is 19.5. The van der Waals surface area contributed by atoms with Crippen molar-refractivity contribution in [3.63, 3.8) is 0 Å². The number of H-pyrrole nitrogens is 1. The molecule has 29 heavy (non-hydrogen) atoms. The van der Waals surface area contributed by atoms with Crippen molar-refractivity contribution in [3.05, 3.63) is 60.2 Å². The molecule has 1 unspecified atom stereocenters. The Hall–Kier alpha value is -2.78. The van der Waals surface area contributed by atoms with Crippen LogP contribution in [0.15, 0.2) is 53.4 Å². The van der Waals surface area contributed by atoms with Crippen LogP contribution in [0, 0.1) is 5.82 Å². The van der Waals surface area contributed by atoms with Crippen LogP contribution in [0.1, 0.15) is 31.1 Å². The predicted octanol–water partition coefficient (Wildman–Crippen LogP) is 2.73. The van der Waals surface area contributed by atoms with Crippen molar-refractivity contribution in [2.75, 3.05) is 13.1 Å².